The Morgan fingerprint density at radius 3 is 2.67 bits per heavy atom. The van der Waals surface area contributed by atoms with Crippen LogP contribution in [-0.2, 0) is 21.4 Å². The molecule has 4 aromatic rings. The van der Waals surface area contributed by atoms with Crippen molar-refractivity contribution in [2.24, 2.45) is 5.92 Å². The lowest BCUT2D eigenvalue weighted by Gasteiger charge is -2.30. The predicted octanol–water partition coefficient (Wildman–Crippen LogP) is 4.33. The topological polar surface area (TPSA) is 121 Å². The molecule has 0 spiro atoms. The number of nitrogens with zero attached hydrogens (tertiary/aromatic N) is 3. The Morgan fingerprint density at radius 1 is 1.15 bits per heavy atom. The second-order valence-electron chi connectivity index (χ2n) is 9.56. The Balaban J connectivity index is 1.22. The zero-order valence-electron chi connectivity index (χ0n) is 21.4. The summed E-state index contributed by atoms with van der Waals surface area (Å²) < 4.78 is 60.6. The maximum absolute atomic E-state index is 14.0. The molecule has 9 nitrogen and oxygen atoms in total. The fraction of sp³-hybridized carbons (Fsp3) is 0.296. The van der Waals surface area contributed by atoms with Crippen LogP contribution in [0.25, 0.3) is 23.2 Å². The third-order valence-corrected chi connectivity index (χ3v) is 8.81. The summed E-state index contributed by atoms with van der Waals surface area (Å²) >= 11 is 0. The Labute approximate surface area is 224 Å². The van der Waals surface area contributed by atoms with E-state index < -0.39 is 21.7 Å². The number of nitrogens with one attached hydrogen (secondary N) is 2. The summed E-state index contributed by atoms with van der Waals surface area (Å²) in [4.78, 5) is 20.4. The smallest absolute Gasteiger partial charge is 0.248 e. The monoisotopic (exact) mass is 555 g/mol. The minimum atomic E-state index is -4.00. The molecule has 39 heavy (non-hydrogen) atoms. The lowest BCUT2D eigenvalue weighted by atomic mass is 9.97. The summed E-state index contributed by atoms with van der Waals surface area (Å²) in [6, 6.07) is 8.96. The lowest BCUT2D eigenvalue weighted by molar-refractivity contribution is -0.126. The molecule has 0 atom stereocenters. The molecule has 0 unspecified atom stereocenters. The number of imidazole rings is 1. The molecule has 1 aliphatic heterocycles. The molecule has 1 saturated heterocycles. The number of piperidine rings is 1. The predicted molar refractivity (Wildman–Crippen MR) is 141 cm³/mol. The molecule has 0 radical (unpaired) electrons. The van der Waals surface area contributed by atoms with Gasteiger partial charge in [0.05, 0.1) is 17.6 Å². The number of H-pyrrole nitrogens is 1. The Kier molecular flexibility index (Phi) is 7.32. The van der Waals surface area contributed by atoms with E-state index in [4.69, 9.17) is 4.52 Å². The summed E-state index contributed by atoms with van der Waals surface area (Å²) in [5.74, 6) is -1.42. The van der Waals surface area contributed by atoms with Crippen LogP contribution in [0.5, 0.6) is 0 Å². The van der Waals surface area contributed by atoms with Crippen LogP contribution in [0.2, 0.25) is 0 Å². The zero-order chi connectivity index (χ0) is 27.7. The molecular formula is C27H27F2N5O4S. The maximum atomic E-state index is 14.0. The van der Waals surface area contributed by atoms with Crippen molar-refractivity contribution in [1.82, 2.24) is 24.7 Å². The van der Waals surface area contributed by atoms with Gasteiger partial charge in [0.2, 0.25) is 15.9 Å². The van der Waals surface area contributed by atoms with Gasteiger partial charge in [-0.2, -0.15) is 4.31 Å². The number of hydrogen-bond donors (Lipinski definition) is 2. The van der Waals surface area contributed by atoms with Crippen molar-refractivity contribution in [3.8, 4) is 0 Å². The van der Waals surface area contributed by atoms with E-state index in [1.54, 1.807) is 0 Å². The molecule has 2 aromatic heterocycles. The second-order valence-corrected chi connectivity index (χ2v) is 11.4. The number of halogens is 2. The van der Waals surface area contributed by atoms with E-state index in [2.05, 4.69) is 20.4 Å². The van der Waals surface area contributed by atoms with Gasteiger partial charge in [-0.1, -0.05) is 11.2 Å². The highest BCUT2D eigenvalue weighted by molar-refractivity contribution is 7.89. The Hall–Kier alpha value is -3.90. The molecule has 1 amide bonds. The highest BCUT2D eigenvalue weighted by atomic mass is 32.2. The lowest BCUT2D eigenvalue weighted by Crippen LogP contribution is -2.43. The first kappa shape index (κ1) is 26.7. The van der Waals surface area contributed by atoms with Crippen molar-refractivity contribution in [3.05, 3.63) is 76.4 Å². The molecule has 0 aliphatic carbocycles. The Morgan fingerprint density at radius 2 is 1.92 bits per heavy atom. The highest BCUT2D eigenvalue weighted by Crippen LogP contribution is 2.29. The summed E-state index contributed by atoms with van der Waals surface area (Å²) in [7, 11) is -4.00. The number of benzene rings is 2. The number of aromatic nitrogens is 3. The van der Waals surface area contributed by atoms with E-state index in [0.29, 0.717) is 18.7 Å². The van der Waals surface area contributed by atoms with Gasteiger partial charge >= 0.3 is 0 Å². The SMILES string of the molecule is Cc1ccc2nc(CNC(=O)C3CCN(S(=O)(=O)c4c(C)noc4C=Cc4ccc(F)cc4F)CC3)[nH]c2c1. The highest BCUT2D eigenvalue weighted by Gasteiger charge is 2.36. The number of carbonyl (C=O) groups excluding carboxylic acids is 1. The molecular weight excluding hydrogens is 528 g/mol. The third-order valence-electron chi connectivity index (χ3n) is 6.75. The van der Waals surface area contributed by atoms with Crippen LogP contribution in [0.4, 0.5) is 8.78 Å². The number of carbonyl (C=O) groups is 1. The first-order valence-corrected chi connectivity index (χ1v) is 13.9. The zero-order valence-corrected chi connectivity index (χ0v) is 22.2. The summed E-state index contributed by atoms with van der Waals surface area (Å²) in [5.41, 5.74) is 3.06. The van der Waals surface area contributed by atoms with Gasteiger partial charge in [0.15, 0.2) is 10.7 Å². The number of fused-ring (bicyclic) bond motifs is 1. The number of aryl methyl sites for hydroxylation is 2. The maximum Gasteiger partial charge on any atom is 0.248 e. The van der Waals surface area contributed by atoms with Gasteiger partial charge in [-0.05, 0) is 68.7 Å². The second kappa shape index (κ2) is 10.7. The van der Waals surface area contributed by atoms with Gasteiger partial charge in [-0.15, -0.1) is 0 Å². The van der Waals surface area contributed by atoms with Gasteiger partial charge in [0.25, 0.3) is 0 Å². The number of aromatic amines is 1. The molecule has 1 fully saturated rings. The molecule has 5 rings (SSSR count). The van der Waals surface area contributed by atoms with Crippen molar-refractivity contribution >= 4 is 39.1 Å². The summed E-state index contributed by atoms with van der Waals surface area (Å²) in [6.45, 7) is 4.03. The van der Waals surface area contributed by atoms with Crippen molar-refractivity contribution in [1.29, 1.82) is 0 Å². The minimum absolute atomic E-state index is 0.0582. The normalized spacial score (nSPS) is 15.4. The van der Waals surface area contributed by atoms with Gasteiger partial charge in [0, 0.05) is 30.6 Å². The van der Waals surface area contributed by atoms with Crippen LogP contribution in [0, 0.1) is 31.4 Å². The third kappa shape index (κ3) is 5.62. The molecule has 1 aliphatic rings. The first-order chi connectivity index (χ1) is 18.6. The van der Waals surface area contributed by atoms with E-state index in [1.165, 1.54) is 29.4 Å². The van der Waals surface area contributed by atoms with Crippen molar-refractivity contribution in [2.45, 2.75) is 38.1 Å². The van der Waals surface area contributed by atoms with Crippen LogP contribution in [0.1, 0.15) is 41.2 Å². The molecule has 3 heterocycles. The van der Waals surface area contributed by atoms with Gasteiger partial charge < -0.3 is 14.8 Å². The van der Waals surface area contributed by atoms with Crippen LogP contribution in [0.3, 0.4) is 0 Å². The molecule has 0 bridgehead atoms. The summed E-state index contributed by atoms with van der Waals surface area (Å²) in [6.07, 6.45) is 3.29. The van der Waals surface area contributed by atoms with Gasteiger partial charge in [-0.25, -0.2) is 22.2 Å². The average Bonchev–Trinajstić information content (AvgIpc) is 3.49. The van der Waals surface area contributed by atoms with Crippen molar-refractivity contribution in [3.63, 3.8) is 0 Å². The van der Waals surface area contributed by atoms with Crippen LogP contribution >= 0.6 is 0 Å². The van der Waals surface area contributed by atoms with E-state index in [9.17, 15) is 22.0 Å². The van der Waals surface area contributed by atoms with E-state index in [0.717, 1.165) is 28.7 Å². The number of rotatable bonds is 7. The Bertz CT molecular complexity index is 1670. The molecule has 2 aromatic carbocycles. The summed E-state index contributed by atoms with van der Waals surface area (Å²) in [5, 5.41) is 6.68. The number of amides is 1. The van der Waals surface area contributed by atoms with E-state index in [1.807, 2.05) is 25.1 Å². The van der Waals surface area contributed by atoms with E-state index in [-0.39, 0.29) is 53.4 Å². The minimum Gasteiger partial charge on any atom is -0.355 e. The van der Waals surface area contributed by atoms with E-state index >= 15 is 0 Å². The molecule has 0 saturated carbocycles. The fourth-order valence-electron chi connectivity index (χ4n) is 4.66. The van der Waals surface area contributed by atoms with Gasteiger partial charge in [-0.3, -0.25) is 4.79 Å². The molecule has 12 heteroatoms. The standard InChI is InChI=1S/C27H27F2N5O4S/c1-16-3-7-22-23(13-16)32-25(31-22)15-30-27(35)19-9-11-34(12-10-19)39(36,37)26-17(2)33-38-24(26)8-5-18-4-6-20(28)14-21(18)29/h3-8,13-14,19H,9-12,15H2,1-2H3,(H,30,35)(H,31,32). The van der Waals surface area contributed by atoms with Crippen molar-refractivity contribution < 1.29 is 26.5 Å². The average molecular weight is 556 g/mol. The quantitative estimate of drug-likeness (QED) is 0.350. The number of hydrogen-bond acceptors (Lipinski definition) is 6. The molecule has 2 N–H and O–H groups in total. The van der Waals surface area contributed by atoms with Crippen molar-refractivity contribution in [2.75, 3.05) is 13.1 Å². The van der Waals surface area contributed by atoms with Crippen LogP contribution < -0.4 is 5.32 Å². The fourth-order valence-corrected chi connectivity index (χ4v) is 6.38. The largest absolute Gasteiger partial charge is 0.355 e. The van der Waals surface area contributed by atoms with Gasteiger partial charge in [0.1, 0.15) is 23.2 Å². The van der Waals surface area contributed by atoms with Crippen LogP contribution in [0.15, 0.2) is 45.8 Å². The first-order valence-electron chi connectivity index (χ1n) is 12.4. The van der Waals surface area contributed by atoms with Crippen LogP contribution in [-0.4, -0.2) is 46.8 Å². The molecule has 204 valence electrons. The number of sulfonamides is 1.